The molecular formula is C23H27N3O3S. The Morgan fingerprint density at radius 2 is 2.00 bits per heavy atom. The maximum absolute atomic E-state index is 13.0. The predicted octanol–water partition coefficient (Wildman–Crippen LogP) is 4.41. The number of aromatic nitrogens is 2. The number of rotatable bonds is 7. The van der Waals surface area contributed by atoms with Gasteiger partial charge in [0.05, 0.1) is 19.9 Å². The first kappa shape index (κ1) is 20.5. The molecule has 1 aliphatic rings. The van der Waals surface area contributed by atoms with Crippen LogP contribution in [0.2, 0.25) is 0 Å². The van der Waals surface area contributed by atoms with E-state index in [1.807, 2.05) is 18.2 Å². The van der Waals surface area contributed by atoms with E-state index in [2.05, 4.69) is 27.2 Å². The van der Waals surface area contributed by atoms with Gasteiger partial charge in [0.25, 0.3) is 5.91 Å². The lowest BCUT2D eigenvalue weighted by molar-refractivity contribution is 0.0933. The van der Waals surface area contributed by atoms with E-state index in [0.717, 1.165) is 18.4 Å². The second kappa shape index (κ2) is 8.52. The highest BCUT2D eigenvalue weighted by Gasteiger charge is 2.36. The molecule has 30 heavy (non-hydrogen) atoms. The summed E-state index contributed by atoms with van der Waals surface area (Å²) in [5.41, 5.74) is 3.38. The average Bonchev–Trinajstić information content (AvgIpc) is 3.52. The van der Waals surface area contributed by atoms with Crippen molar-refractivity contribution < 1.29 is 14.3 Å². The second-order valence-corrected chi connectivity index (χ2v) is 8.57. The quantitative estimate of drug-likeness (QED) is 0.609. The highest BCUT2D eigenvalue weighted by Crippen LogP contribution is 2.41. The minimum atomic E-state index is -0.111. The summed E-state index contributed by atoms with van der Waals surface area (Å²) >= 11 is 1.72. The molecule has 2 aromatic heterocycles. The van der Waals surface area contributed by atoms with Gasteiger partial charge >= 0.3 is 0 Å². The van der Waals surface area contributed by atoms with E-state index in [9.17, 15) is 4.79 Å². The summed E-state index contributed by atoms with van der Waals surface area (Å²) in [6.45, 7) is 0.644. The first-order valence-corrected chi connectivity index (χ1v) is 11.1. The number of ether oxygens (including phenoxy) is 2. The molecule has 1 aliphatic carbocycles. The number of nitrogens with zero attached hydrogens (tertiary/aromatic N) is 2. The third-order valence-corrected chi connectivity index (χ3v) is 6.76. The number of carbonyl (C=O) groups excluding carboxylic acids is 1. The molecule has 0 unspecified atom stereocenters. The lowest BCUT2D eigenvalue weighted by atomic mass is 9.80. The van der Waals surface area contributed by atoms with Gasteiger partial charge in [-0.15, -0.1) is 0 Å². The van der Waals surface area contributed by atoms with Gasteiger partial charge in [-0.3, -0.25) is 9.48 Å². The van der Waals surface area contributed by atoms with Crippen molar-refractivity contribution in [1.82, 2.24) is 15.1 Å². The van der Waals surface area contributed by atoms with Crippen LogP contribution in [0.5, 0.6) is 11.5 Å². The summed E-state index contributed by atoms with van der Waals surface area (Å²) < 4.78 is 12.4. The van der Waals surface area contributed by atoms with E-state index >= 15 is 0 Å². The Morgan fingerprint density at radius 1 is 1.20 bits per heavy atom. The lowest BCUT2D eigenvalue weighted by Gasteiger charge is -2.28. The number of hydrogen-bond acceptors (Lipinski definition) is 5. The molecule has 1 saturated carbocycles. The number of carbonyl (C=O) groups is 1. The molecule has 1 amide bonds. The van der Waals surface area contributed by atoms with Gasteiger partial charge < -0.3 is 14.8 Å². The van der Waals surface area contributed by atoms with Gasteiger partial charge in [-0.2, -0.15) is 16.4 Å². The molecule has 4 rings (SSSR count). The highest BCUT2D eigenvalue weighted by atomic mass is 32.1. The summed E-state index contributed by atoms with van der Waals surface area (Å²) in [7, 11) is 5.03. The second-order valence-electron chi connectivity index (χ2n) is 7.79. The molecule has 1 aromatic carbocycles. The van der Waals surface area contributed by atoms with Crippen molar-refractivity contribution >= 4 is 17.2 Å². The topological polar surface area (TPSA) is 65.4 Å². The molecule has 0 spiro atoms. The van der Waals surface area contributed by atoms with Crippen molar-refractivity contribution in [3.63, 3.8) is 0 Å². The van der Waals surface area contributed by atoms with E-state index in [0.29, 0.717) is 29.4 Å². The fourth-order valence-electron chi connectivity index (χ4n) is 4.35. The molecule has 3 aromatic rings. The van der Waals surface area contributed by atoms with E-state index in [4.69, 9.17) is 9.47 Å². The van der Waals surface area contributed by atoms with Gasteiger partial charge in [0, 0.05) is 24.6 Å². The standard InChI is InChI=1S/C23H27N3O3S/c1-26-20(13-19(25-26)18-12-17(28-2)6-7-21(18)29-3)22(27)24-15-23(9-4-5-10-23)16-8-11-30-14-16/h6-8,11-14H,4-5,9-10,15H2,1-3H3,(H,24,27). The van der Waals surface area contributed by atoms with Crippen molar-refractivity contribution in [3.8, 4) is 22.8 Å². The van der Waals surface area contributed by atoms with Crippen LogP contribution in [0.3, 0.4) is 0 Å². The van der Waals surface area contributed by atoms with Crippen LogP contribution >= 0.6 is 11.3 Å². The monoisotopic (exact) mass is 425 g/mol. The van der Waals surface area contributed by atoms with Crippen molar-refractivity contribution in [1.29, 1.82) is 0 Å². The third-order valence-electron chi connectivity index (χ3n) is 6.08. The molecule has 7 heteroatoms. The van der Waals surface area contributed by atoms with Crippen LogP contribution < -0.4 is 14.8 Å². The number of amides is 1. The van der Waals surface area contributed by atoms with Crippen molar-refractivity contribution in [3.05, 3.63) is 52.3 Å². The summed E-state index contributed by atoms with van der Waals surface area (Å²) in [5, 5.41) is 12.1. The van der Waals surface area contributed by atoms with Crippen molar-refractivity contribution in [2.75, 3.05) is 20.8 Å². The normalized spacial score (nSPS) is 15.2. The van der Waals surface area contributed by atoms with Gasteiger partial charge in [-0.1, -0.05) is 12.8 Å². The van der Waals surface area contributed by atoms with Gasteiger partial charge in [-0.25, -0.2) is 0 Å². The molecule has 0 radical (unpaired) electrons. The van der Waals surface area contributed by atoms with Crippen LogP contribution in [0.25, 0.3) is 11.3 Å². The average molecular weight is 426 g/mol. The van der Waals surface area contributed by atoms with Crippen LogP contribution in [0, 0.1) is 0 Å². The number of hydrogen-bond donors (Lipinski definition) is 1. The number of benzene rings is 1. The zero-order valence-corrected chi connectivity index (χ0v) is 18.4. The zero-order chi connectivity index (χ0) is 21.1. The first-order valence-electron chi connectivity index (χ1n) is 10.1. The fraction of sp³-hybridized carbons (Fsp3) is 0.391. The van der Waals surface area contributed by atoms with Crippen LogP contribution in [0.4, 0.5) is 0 Å². The van der Waals surface area contributed by atoms with Crippen LogP contribution in [0.1, 0.15) is 41.7 Å². The molecule has 1 N–H and O–H groups in total. The maximum atomic E-state index is 13.0. The first-order chi connectivity index (χ1) is 14.6. The number of aryl methyl sites for hydroxylation is 1. The van der Waals surface area contributed by atoms with Crippen LogP contribution in [0.15, 0.2) is 41.1 Å². The highest BCUT2D eigenvalue weighted by molar-refractivity contribution is 7.08. The Kier molecular flexibility index (Phi) is 5.81. The van der Waals surface area contributed by atoms with Gasteiger partial charge in [0.2, 0.25) is 0 Å². The smallest absolute Gasteiger partial charge is 0.269 e. The van der Waals surface area contributed by atoms with E-state index in [1.165, 1.54) is 18.4 Å². The molecule has 158 valence electrons. The molecule has 0 aliphatic heterocycles. The Bertz CT molecular complexity index is 1020. The Hall–Kier alpha value is -2.80. The van der Waals surface area contributed by atoms with Crippen LogP contribution in [-0.4, -0.2) is 36.5 Å². The van der Waals surface area contributed by atoms with Gasteiger partial charge in [0.15, 0.2) is 0 Å². The molecule has 1 fully saturated rings. The molecule has 0 saturated heterocycles. The third kappa shape index (κ3) is 3.81. The van der Waals surface area contributed by atoms with Gasteiger partial charge in [-0.05, 0) is 59.5 Å². The largest absolute Gasteiger partial charge is 0.497 e. The predicted molar refractivity (Wildman–Crippen MR) is 119 cm³/mol. The minimum Gasteiger partial charge on any atom is -0.497 e. The molecule has 6 nitrogen and oxygen atoms in total. The SMILES string of the molecule is COc1ccc(OC)c(-c2cc(C(=O)NCC3(c4ccsc4)CCCC3)n(C)n2)c1. The lowest BCUT2D eigenvalue weighted by Crippen LogP contribution is -2.39. The molecule has 0 atom stereocenters. The maximum Gasteiger partial charge on any atom is 0.269 e. The van der Waals surface area contributed by atoms with E-state index < -0.39 is 0 Å². The Labute approximate surface area is 180 Å². The summed E-state index contributed by atoms with van der Waals surface area (Å²) in [6.07, 6.45) is 4.64. The number of thiophene rings is 1. The van der Waals surface area contributed by atoms with Crippen molar-refractivity contribution in [2.24, 2.45) is 7.05 Å². The van der Waals surface area contributed by atoms with E-state index in [1.54, 1.807) is 43.4 Å². The summed E-state index contributed by atoms with van der Waals surface area (Å²) in [4.78, 5) is 13.0. The van der Waals surface area contributed by atoms with E-state index in [-0.39, 0.29) is 11.3 Å². The molecule has 2 heterocycles. The Balaban J connectivity index is 1.56. The summed E-state index contributed by atoms with van der Waals surface area (Å²) in [5.74, 6) is 1.28. The van der Waals surface area contributed by atoms with Crippen molar-refractivity contribution in [2.45, 2.75) is 31.1 Å². The molecule has 0 bridgehead atoms. The fourth-order valence-corrected chi connectivity index (χ4v) is 5.13. The minimum absolute atomic E-state index is 0.0487. The zero-order valence-electron chi connectivity index (χ0n) is 17.6. The van der Waals surface area contributed by atoms with Gasteiger partial charge in [0.1, 0.15) is 17.2 Å². The Morgan fingerprint density at radius 3 is 2.67 bits per heavy atom. The molecular weight excluding hydrogens is 398 g/mol. The van der Waals surface area contributed by atoms with Crippen LogP contribution in [-0.2, 0) is 12.5 Å². The number of nitrogens with one attached hydrogen (secondary N) is 1. The number of methoxy groups -OCH3 is 2. The summed E-state index contributed by atoms with van der Waals surface area (Å²) in [6, 6.07) is 9.54.